The number of sulfonamides is 1. The van der Waals surface area contributed by atoms with Crippen molar-refractivity contribution in [3.8, 4) is 0 Å². The second-order valence-corrected chi connectivity index (χ2v) is 12.2. The minimum atomic E-state index is -4.14. The molecule has 2 unspecified atom stereocenters. The first-order valence-electron chi connectivity index (χ1n) is 13.5. The SMILES string of the molecule is CCC(C)NC(=O)C(CC)N(Cc1ccccc1C)C(=O)CN(c1ccc(C)c(Cl)c1)S(=O)(=O)c1ccccc1. The maximum Gasteiger partial charge on any atom is 0.264 e. The van der Waals surface area contributed by atoms with Gasteiger partial charge in [-0.05, 0) is 74.6 Å². The highest BCUT2D eigenvalue weighted by molar-refractivity contribution is 7.92. The maximum absolute atomic E-state index is 14.1. The number of nitrogens with zero attached hydrogens (tertiary/aromatic N) is 2. The molecule has 0 bridgehead atoms. The van der Waals surface area contributed by atoms with Gasteiger partial charge in [-0.25, -0.2) is 8.42 Å². The molecular weight excluding hydrogens is 546 g/mol. The second-order valence-electron chi connectivity index (χ2n) is 9.95. The van der Waals surface area contributed by atoms with Gasteiger partial charge in [0, 0.05) is 17.6 Å². The monoisotopic (exact) mass is 583 g/mol. The molecule has 0 fully saturated rings. The van der Waals surface area contributed by atoms with Crippen LogP contribution >= 0.6 is 11.6 Å². The molecule has 0 saturated heterocycles. The topological polar surface area (TPSA) is 86.8 Å². The van der Waals surface area contributed by atoms with Crippen LogP contribution in [-0.2, 0) is 26.2 Å². The predicted molar refractivity (Wildman–Crippen MR) is 161 cm³/mol. The molecule has 3 aromatic rings. The molecule has 7 nitrogen and oxygen atoms in total. The van der Waals surface area contributed by atoms with E-state index >= 15 is 0 Å². The van der Waals surface area contributed by atoms with Gasteiger partial charge in [0.15, 0.2) is 0 Å². The third kappa shape index (κ3) is 7.43. The van der Waals surface area contributed by atoms with Gasteiger partial charge in [0.2, 0.25) is 11.8 Å². The van der Waals surface area contributed by atoms with Crippen LogP contribution in [0, 0.1) is 13.8 Å². The summed E-state index contributed by atoms with van der Waals surface area (Å²) >= 11 is 6.38. The summed E-state index contributed by atoms with van der Waals surface area (Å²) in [6.45, 7) is 9.14. The standard InChI is InChI=1S/C31H38ClN3O4S/c1-6-24(5)33-31(37)29(7-2)34(20-25-14-12-11-13-22(25)3)30(36)21-35(26-18-17-23(4)28(32)19-26)40(38,39)27-15-9-8-10-16-27/h8-19,24,29H,6-7,20-21H2,1-5H3,(H,33,37). The van der Waals surface area contributed by atoms with Gasteiger partial charge in [-0.3, -0.25) is 13.9 Å². The zero-order valence-corrected chi connectivity index (χ0v) is 25.3. The lowest BCUT2D eigenvalue weighted by Crippen LogP contribution is -2.53. The fourth-order valence-corrected chi connectivity index (χ4v) is 5.92. The molecule has 0 aliphatic heterocycles. The Labute approximate surface area is 243 Å². The number of carbonyl (C=O) groups is 2. The second kappa shape index (κ2) is 13.8. The molecule has 0 aliphatic rings. The number of carbonyl (C=O) groups excluding carboxylic acids is 2. The highest BCUT2D eigenvalue weighted by atomic mass is 35.5. The Hall–Kier alpha value is -3.36. The van der Waals surface area contributed by atoms with Crippen molar-refractivity contribution in [1.82, 2.24) is 10.2 Å². The number of halogens is 1. The molecule has 0 spiro atoms. The Bertz CT molecular complexity index is 1430. The van der Waals surface area contributed by atoms with Gasteiger partial charge in [-0.1, -0.05) is 74.0 Å². The van der Waals surface area contributed by atoms with Crippen LogP contribution in [0.25, 0.3) is 0 Å². The molecule has 0 heterocycles. The Kier molecular flexibility index (Phi) is 10.8. The highest BCUT2D eigenvalue weighted by Gasteiger charge is 2.34. The molecular formula is C31H38ClN3O4S. The summed E-state index contributed by atoms with van der Waals surface area (Å²) in [5.74, 6) is -0.764. The van der Waals surface area contributed by atoms with Gasteiger partial charge < -0.3 is 10.2 Å². The molecule has 0 radical (unpaired) electrons. The van der Waals surface area contributed by atoms with Gasteiger partial charge in [-0.2, -0.15) is 0 Å². The van der Waals surface area contributed by atoms with Gasteiger partial charge in [0.1, 0.15) is 12.6 Å². The van der Waals surface area contributed by atoms with E-state index in [0.717, 1.165) is 27.4 Å². The number of nitrogens with one attached hydrogen (secondary N) is 1. The zero-order valence-electron chi connectivity index (χ0n) is 23.7. The molecule has 40 heavy (non-hydrogen) atoms. The van der Waals surface area contributed by atoms with Crippen LogP contribution < -0.4 is 9.62 Å². The van der Waals surface area contributed by atoms with Crippen LogP contribution in [0.4, 0.5) is 5.69 Å². The molecule has 214 valence electrons. The van der Waals surface area contributed by atoms with E-state index in [2.05, 4.69) is 5.32 Å². The minimum absolute atomic E-state index is 0.0477. The molecule has 0 saturated carbocycles. The number of aryl methyl sites for hydroxylation is 2. The summed E-state index contributed by atoms with van der Waals surface area (Å²) < 4.78 is 28.8. The van der Waals surface area contributed by atoms with E-state index < -0.39 is 28.5 Å². The molecule has 1 N–H and O–H groups in total. The fraction of sp³-hybridized carbons (Fsp3) is 0.355. The maximum atomic E-state index is 14.1. The predicted octanol–water partition coefficient (Wildman–Crippen LogP) is 5.87. The number of benzene rings is 3. The normalized spacial score (nSPS) is 12.8. The molecule has 2 atom stereocenters. The summed E-state index contributed by atoms with van der Waals surface area (Å²) in [6, 6.07) is 19.6. The van der Waals surface area contributed by atoms with Crippen LogP contribution in [0.15, 0.2) is 77.7 Å². The van der Waals surface area contributed by atoms with Gasteiger partial charge in [0.05, 0.1) is 10.6 Å². The van der Waals surface area contributed by atoms with Crippen molar-refractivity contribution in [2.75, 3.05) is 10.8 Å². The summed E-state index contributed by atoms with van der Waals surface area (Å²) in [5, 5.41) is 3.37. The number of hydrogen-bond acceptors (Lipinski definition) is 4. The third-order valence-corrected chi connectivity index (χ3v) is 9.24. The van der Waals surface area contributed by atoms with E-state index in [1.54, 1.807) is 36.4 Å². The van der Waals surface area contributed by atoms with Crippen molar-refractivity contribution in [1.29, 1.82) is 0 Å². The summed E-state index contributed by atoms with van der Waals surface area (Å²) in [7, 11) is -4.14. The Morgan fingerprint density at radius 2 is 1.55 bits per heavy atom. The first-order chi connectivity index (χ1) is 19.0. The van der Waals surface area contributed by atoms with E-state index in [9.17, 15) is 18.0 Å². The molecule has 0 aromatic heterocycles. The lowest BCUT2D eigenvalue weighted by Gasteiger charge is -2.34. The summed E-state index contributed by atoms with van der Waals surface area (Å²) in [6.07, 6.45) is 1.10. The average Bonchev–Trinajstić information content (AvgIpc) is 2.94. The van der Waals surface area contributed by atoms with Crippen molar-refractivity contribution in [3.05, 3.63) is 94.5 Å². The smallest absolute Gasteiger partial charge is 0.264 e. The number of hydrogen-bond donors (Lipinski definition) is 1. The minimum Gasteiger partial charge on any atom is -0.352 e. The lowest BCUT2D eigenvalue weighted by molar-refractivity contribution is -0.140. The van der Waals surface area contributed by atoms with Crippen molar-refractivity contribution < 1.29 is 18.0 Å². The van der Waals surface area contributed by atoms with Crippen LogP contribution in [0.3, 0.4) is 0 Å². The van der Waals surface area contributed by atoms with Crippen LogP contribution in [0.5, 0.6) is 0 Å². The average molecular weight is 584 g/mol. The van der Waals surface area contributed by atoms with Gasteiger partial charge in [-0.15, -0.1) is 0 Å². The van der Waals surface area contributed by atoms with Crippen molar-refractivity contribution in [3.63, 3.8) is 0 Å². The van der Waals surface area contributed by atoms with Gasteiger partial charge in [0.25, 0.3) is 10.0 Å². The Morgan fingerprint density at radius 1 is 0.900 bits per heavy atom. The van der Waals surface area contributed by atoms with Crippen LogP contribution in [0.2, 0.25) is 5.02 Å². The Balaban J connectivity index is 2.08. The third-order valence-electron chi connectivity index (χ3n) is 7.04. The van der Waals surface area contributed by atoms with Crippen molar-refractivity contribution >= 4 is 39.1 Å². The summed E-state index contributed by atoms with van der Waals surface area (Å²) in [5.41, 5.74) is 2.89. The molecule has 9 heteroatoms. The summed E-state index contributed by atoms with van der Waals surface area (Å²) in [4.78, 5) is 29.0. The molecule has 3 aromatic carbocycles. The first-order valence-corrected chi connectivity index (χ1v) is 15.3. The van der Waals surface area contributed by atoms with Crippen molar-refractivity contribution in [2.45, 2.75) is 71.0 Å². The zero-order chi connectivity index (χ0) is 29.4. The number of rotatable bonds is 12. The van der Waals surface area contributed by atoms with Gasteiger partial charge >= 0.3 is 0 Å². The first kappa shape index (κ1) is 31.2. The van der Waals surface area contributed by atoms with E-state index in [0.29, 0.717) is 11.4 Å². The Morgan fingerprint density at radius 3 is 2.15 bits per heavy atom. The van der Waals surface area contributed by atoms with E-state index in [-0.39, 0.29) is 29.1 Å². The molecule has 0 aliphatic carbocycles. The van der Waals surface area contributed by atoms with E-state index in [1.807, 2.05) is 58.9 Å². The quantitative estimate of drug-likeness (QED) is 0.289. The highest BCUT2D eigenvalue weighted by Crippen LogP contribution is 2.29. The lowest BCUT2D eigenvalue weighted by atomic mass is 10.1. The fourth-order valence-electron chi connectivity index (χ4n) is 4.32. The van der Waals surface area contributed by atoms with E-state index in [4.69, 9.17) is 11.6 Å². The van der Waals surface area contributed by atoms with Crippen molar-refractivity contribution in [2.24, 2.45) is 0 Å². The number of anilines is 1. The largest absolute Gasteiger partial charge is 0.352 e. The van der Waals surface area contributed by atoms with E-state index in [1.165, 1.54) is 17.0 Å². The number of amides is 2. The van der Waals surface area contributed by atoms with Crippen LogP contribution in [0.1, 0.15) is 50.3 Å². The molecule has 3 rings (SSSR count). The molecule has 2 amide bonds. The van der Waals surface area contributed by atoms with Crippen LogP contribution in [-0.4, -0.2) is 43.8 Å².